The lowest BCUT2D eigenvalue weighted by atomic mass is 10.2. The van der Waals surface area contributed by atoms with Crippen molar-refractivity contribution in [2.75, 3.05) is 10.6 Å². The number of carbonyl (C=O) groups excluding carboxylic acids is 1. The minimum absolute atomic E-state index is 0.0895. The zero-order valence-electron chi connectivity index (χ0n) is 12.5. The van der Waals surface area contributed by atoms with Crippen LogP contribution in [0.1, 0.15) is 5.56 Å². The van der Waals surface area contributed by atoms with Crippen LogP contribution in [-0.2, 0) is 4.79 Å². The maximum Gasteiger partial charge on any atom is 0.267 e. The fraction of sp³-hybridized carbons (Fsp3) is 0.0588. The first-order valence-electron chi connectivity index (χ1n) is 6.80. The lowest BCUT2D eigenvalue weighted by molar-refractivity contribution is -0.112. The van der Waals surface area contributed by atoms with E-state index in [2.05, 4.69) is 26.6 Å². The van der Waals surface area contributed by atoms with Crippen LogP contribution in [0.25, 0.3) is 0 Å². The number of aryl methyl sites for hydroxylation is 1. The smallest absolute Gasteiger partial charge is 0.267 e. The monoisotopic (exact) mass is 423 g/mol. The van der Waals surface area contributed by atoms with Gasteiger partial charge in [0.15, 0.2) is 0 Å². The van der Waals surface area contributed by atoms with Crippen molar-refractivity contribution in [3.8, 4) is 6.07 Å². The third-order valence-electron chi connectivity index (χ3n) is 3.10. The van der Waals surface area contributed by atoms with Crippen molar-refractivity contribution in [3.63, 3.8) is 0 Å². The maximum atomic E-state index is 12.2. The Bertz CT molecular complexity index is 859. The summed E-state index contributed by atoms with van der Waals surface area (Å²) in [6, 6.07) is 12.2. The molecular weight excluding hydrogens is 413 g/mol. The first kappa shape index (κ1) is 18.3. The molecular formula is C17H12BrCl2N3O. The van der Waals surface area contributed by atoms with Crippen molar-refractivity contribution in [2.45, 2.75) is 6.92 Å². The molecule has 24 heavy (non-hydrogen) atoms. The van der Waals surface area contributed by atoms with Crippen molar-refractivity contribution >= 4 is 56.4 Å². The maximum absolute atomic E-state index is 12.2. The van der Waals surface area contributed by atoms with E-state index in [1.165, 1.54) is 12.3 Å². The summed E-state index contributed by atoms with van der Waals surface area (Å²) < 4.78 is 0.948. The van der Waals surface area contributed by atoms with E-state index < -0.39 is 5.91 Å². The van der Waals surface area contributed by atoms with E-state index in [0.29, 0.717) is 15.7 Å². The molecule has 0 saturated heterocycles. The van der Waals surface area contributed by atoms with Crippen molar-refractivity contribution in [1.29, 1.82) is 5.26 Å². The number of carbonyl (C=O) groups is 1. The summed E-state index contributed by atoms with van der Waals surface area (Å²) in [7, 11) is 0. The van der Waals surface area contributed by atoms with E-state index in [1.54, 1.807) is 12.1 Å². The second-order valence-corrected chi connectivity index (χ2v) is 6.61. The number of nitrogens with one attached hydrogen (secondary N) is 2. The average Bonchev–Trinajstić information content (AvgIpc) is 2.53. The van der Waals surface area contributed by atoms with Gasteiger partial charge in [0, 0.05) is 21.4 Å². The Labute approximate surface area is 158 Å². The first-order chi connectivity index (χ1) is 11.4. The molecule has 2 aromatic rings. The van der Waals surface area contributed by atoms with Crippen LogP contribution >= 0.6 is 39.1 Å². The van der Waals surface area contributed by atoms with Crippen LogP contribution in [-0.4, -0.2) is 5.91 Å². The summed E-state index contributed by atoms with van der Waals surface area (Å²) in [6.07, 6.45) is 1.35. The van der Waals surface area contributed by atoms with Gasteiger partial charge in [0.2, 0.25) is 0 Å². The number of hydrogen-bond acceptors (Lipinski definition) is 3. The third kappa shape index (κ3) is 4.75. The molecule has 1 amide bonds. The molecule has 0 aliphatic rings. The van der Waals surface area contributed by atoms with Gasteiger partial charge in [-0.15, -0.1) is 0 Å². The highest BCUT2D eigenvalue weighted by Crippen LogP contribution is 2.26. The van der Waals surface area contributed by atoms with Crippen LogP contribution in [0.4, 0.5) is 11.4 Å². The molecule has 0 aliphatic heterocycles. The molecule has 2 aromatic carbocycles. The highest BCUT2D eigenvalue weighted by molar-refractivity contribution is 9.10. The Balaban J connectivity index is 2.16. The molecule has 0 bridgehead atoms. The Hall–Kier alpha value is -2.00. The number of hydrogen-bond donors (Lipinski definition) is 2. The predicted molar refractivity (Wildman–Crippen MR) is 101 cm³/mol. The predicted octanol–water partition coefficient (Wildman–Crippen LogP) is 5.52. The quantitative estimate of drug-likeness (QED) is 0.501. The van der Waals surface area contributed by atoms with Crippen LogP contribution in [0, 0.1) is 18.3 Å². The number of anilines is 2. The number of nitriles is 1. The summed E-state index contributed by atoms with van der Waals surface area (Å²) in [5.41, 5.74) is 2.01. The highest BCUT2D eigenvalue weighted by atomic mass is 79.9. The average molecular weight is 425 g/mol. The number of benzene rings is 2. The van der Waals surface area contributed by atoms with Gasteiger partial charge in [-0.3, -0.25) is 4.79 Å². The van der Waals surface area contributed by atoms with Crippen molar-refractivity contribution < 1.29 is 4.79 Å². The summed E-state index contributed by atoms with van der Waals surface area (Å²) in [5.74, 6) is -0.580. The Morgan fingerprint density at radius 2 is 1.96 bits per heavy atom. The summed E-state index contributed by atoms with van der Waals surface area (Å²) in [6.45, 7) is 1.92. The van der Waals surface area contributed by atoms with E-state index in [9.17, 15) is 10.1 Å². The molecule has 0 aromatic heterocycles. The van der Waals surface area contributed by atoms with Crippen LogP contribution < -0.4 is 10.6 Å². The topological polar surface area (TPSA) is 64.9 Å². The summed E-state index contributed by atoms with van der Waals surface area (Å²) >= 11 is 15.3. The molecule has 2 N–H and O–H groups in total. The molecule has 7 heteroatoms. The Morgan fingerprint density at radius 3 is 2.62 bits per heavy atom. The highest BCUT2D eigenvalue weighted by Gasteiger charge is 2.12. The minimum atomic E-state index is -0.580. The van der Waals surface area contributed by atoms with Crippen LogP contribution in [0.15, 0.2) is 52.6 Å². The van der Waals surface area contributed by atoms with Gasteiger partial charge < -0.3 is 10.6 Å². The molecule has 0 atom stereocenters. The molecule has 0 heterocycles. The fourth-order valence-corrected chi connectivity index (χ4v) is 2.68. The molecule has 0 radical (unpaired) electrons. The van der Waals surface area contributed by atoms with E-state index in [0.717, 1.165) is 15.7 Å². The van der Waals surface area contributed by atoms with Crippen LogP contribution in [0.3, 0.4) is 0 Å². The van der Waals surface area contributed by atoms with E-state index in [4.69, 9.17) is 23.2 Å². The lowest BCUT2D eigenvalue weighted by Crippen LogP contribution is -2.15. The number of amides is 1. The molecule has 4 nitrogen and oxygen atoms in total. The number of rotatable bonds is 4. The number of halogens is 3. The third-order valence-corrected chi connectivity index (χ3v) is 4.16. The van der Waals surface area contributed by atoms with Gasteiger partial charge in [-0.2, -0.15) is 5.26 Å². The molecule has 2 rings (SSSR count). The molecule has 0 fully saturated rings. The van der Waals surface area contributed by atoms with Gasteiger partial charge in [0.25, 0.3) is 5.91 Å². The van der Waals surface area contributed by atoms with Crippen molar-refractivity contribution in [2.24, 2.45) is 0 Å². The molecule has 0 spiro atoms. The second kappa shape index (κ2) is 8.20. The van der Waals surface area contributed by atoms with Gasteiger partial charge in [-0.1, -0.05) is 39.1 Å². The lowest BCUT2D eigenvalue weighted by Gasteiger charge is -2.08. The summed E-state index contributed by atoms with van der Waals surface area (Å²) in [5, 5.41) is 15.5. The molecule has 0 unspecified atom stereocenters. The minimum Gasteiger partial charge on any atom is -0.360 e. The Morgan fingerprint density at radius 1 is 1.21 bits per heavy atom. The molecule has 0 aliphatic carbocycles. The Kier molecular flexibility index (Phi) is 6.27. The number of nitrogens with zero attached hydrogens (tertiary/aromatic N) is 1. The van der Waals surface area contributed by atoms with Gasteiger partial charge in [-0.25, -0.2) is 0 Å². The van der Waals surface area contributed by atoms with Gasteiger partial charge >= 0.3 is 0 Å². The normalized spacial score (nSPS) is 10.9. The van der Waals surface area contributed by atoms with Gasteiger partial charge in [-0.05, 0) is 48.9 Å². The first-order valence-corrected chi connectivity index (χ1v) is 8.35. The molecule has 0 saturated carbocycles. The van der Waals surface area contributed by atoms with E-state index >= 15 is 0 Å². The van der Waals surface area contributed by atoms with Crippen molar-refractivity contribution in [1.82, 2.24) is 0 Å². The largest absolute Gasteiger partial charge is 0.360 e. The van der Waals surface area contributed by atoms with Gasteiger partial charge in [0.1, 0.15) is 11.6 Å². The van der Waals surface area contributed by atoms with E-state index in [1.807, 2.05) is 31.2 Å². The molecule has 122 valence electrons. The zero-order valence-corrected chi connectivity index (χ0v) is 15.6. The van der Waals surface area contributed by atoms with Crippen molar-refractivity contribution in [3.05, 3.63) is 68.3 Å². The van der Waals surface area contributed by atoms with E-state index in [-0.39, 0.29) is 5.57 Å². The SMILES string of the molecule is Cc1cc(Br)ccc1N/C=C(/C#N)C(=O)Nc1cc(Cl)ccc1Cl. The zero-order chi connectivity index (χ0) is 17.7. The summed E-state index contributed by atoms with van der Waals surface area (Å²) in [4.78, 5) is 12.2. The van der Waals surface area contributed by atoms with Crippen LogP contribution in [0.5, 0.6) is 0 Å². The van der Waals surface area contributed by atoms with Gasteiger partial charge in [0.05, 0.1) is 10.7 Å². The fourth-order valence-electron chi connectivity index (χ4n) is 1.87. The van der Waals surface area contributed by atoms with Crippen LogP contribution in [0.2, 0.25) is 10.0 Å². The standard InChI is InChI=1S/C17H12BrCl2N3O/c1-10-6-12(18)2-5-15(10)22-9-11(8-21)17(24)23-16-7-13(19)3-4-14(16)20/h2-7,9,22H,1H3,(H,23,24)/b11-9-. The second-order valence-electron chi connectivity index (χ2n) is 4.85.